The molecule has 0 bridgehead atoms. The second kappa shape index (κ2) is 6.05. The van der Waals surface area contributed by atoms with Crippen molar-refractivity contribution >= 4 is 29.2 Å². The third kappa shape index (κ3) is 3.97. The maximum atomic E-state index is 12.2. The molecule has 7 heteroatoms. The average molecular weight is 313 g/mol. The molecule has 0 aliphatic carbocycles. The lowest BCUT2D eigenvalue weighted by atomic mass is 9.98. The van der Waals surface area contributed by atoms with Gasteiger partial charge in [0.2, 0.25) is 0 Å². The molecule has 1 aromatic heterocycles. The molecule has 0 spiro atoms. The van der Waals surface area contributed by atoms with E-state index >= 15 is 0 Å². The highest BCUT2D eigenvalue weighted by atomic mass is 35.5. The van der Waals surface area contributed by atoms with E-state index in [4.69, 9.17) is 22.1 Å². The molecular formula is C14H21ClN4O2. The summed E-state index contributed by atoms with van der Waals surface area (Å²) in [6, 6.07) is 0. The van der Waals surface area contributed by atoms with Gasteiger partial charge in [0.15, 0.2) is 5.82 Å². The van der Waals surface area contributed by atoms with Crippen LogP contribution in [-0.2, 0) is 9.53 Å². The van der Waals surface area contributed by atoms with Crippen molar-refractivity contribution in [1.82, 2.24) is 9.97 Å². The fourth-order valence-corrected chi connectivity index (χ4v) is 2.56. The zero-order valence-corrected chi connectivity index (χ0v) is 13.4. The molecule has 6 nitrogen and oxygen atoms in total. The van der Waals surface area contributed by atoms with Crippen molar-refractivity contribution in [2.75, 3.05) is 23.7 Å². The Morgan fingerprint density at radius 3 is 2.86 bits per heavy atom. The number of aromatic nitrogens is 2. The molecule has 2 heterocycles. The van der Waals surface area contributed by atoms with Crippen LogP contribution in [0.25, 0.3) is 0 Å². The van der Waals surface area contributed by atoms with E-state index in [0.29, 0.717) is 17.4 Å². The lowest BCUT2D eigenvalue weighted by Gasteiger charge is -2.34. The van der Waals surface area contributed by atoms with Crippen molar-refractivity contribution in [2.24, 2.45) is 5.92 Å². The second-order valence-electron chi connectivity index (χ2n) is 6.22. The largest absolute Gasteiger partial charge is 0.460 e. The van der Waals surface area contributed by atoms with Crippen LogP contribution in [0.1, 0.15) is 33.6 Å². The van der Waals surface area contributed by atoms with Gasteiger partial charge in [0, 0.05) is 13.1 Å². The van der Waals surface area contributed by atoms with Crippen LogP contribution in [0.3, 0.4) is 0 Å². The molecule has 1 aromatic rings. The number of halogens is 1. The molecular weight excluding hydrogens is 292 g/mol. The van der Waals surface area contributed by atoms with Crippen molar-refractivity contribution in [3.8, 4) is 0 Å². The molecule has 1 atom stereocenters. The summed E-state index contributed by atoms with van der Waals surface area (Å²) in [6.45, 7) is 6.93. The number of carbonyl (C=O) groups is 1. The smallest absolute Gasteiger partial charge is 0.311 e. The van der Waals surface area contributed by atoms with Crippen molar-refractivity contribution in [3.05, 3.63) is 11.3 Å². The van der Waals surface area contributed by atoms with Gasteiger partial charge < -0.3 is 15.4 Å². The summed E-state index contributed by atoms with van der Waals surface area (Å²) in [4.78, 5) is 22.2. The number of anilines is 2. The lowest BCUT2D eigenvalue weighted by molar-refractivity contribution is -0.160. The molecule has 1 aliphatic rings. The van der Waals surface area contributed by atoms with E-state index in [1.54, 1.807) is 0 Å². The predicted octanol–water partition coefficient (Wildman–Crippen LogP) is 2.27. The Morgan fingerprint density at radius 2 is 2.19 bits per heavy atom. The first-order valence-corrected chi connectivity index (χ1v) is 7.39. The monoisotopic (exact) mass is 312 g/mol. The Bertz CT molecular complexity index is 530. The zero-order chi connectivity index (χ0) is 15.6. The van der Waals surface area contributed by atoms with Crippen LogP contribution in [0.2, 0.25) is 5.02 Å². The lowest BCUT2D eigenvalue weighted by Crippen LogP contribution is -2.41. The number of nitrogen functional groups attached to an aromatic ring is 1. The van der Waals surface area contributed by atoms with E-state index in [0.717, 1.165) is 19.4 Å². The number of hydrogen-bond donors (Lipinski definition) is 1. The van der Waals surface area contributed by atoms with Gasteiger partial charge in [-0.15, -0.1) is 0 Å². The van der Waals surface area contributed by atoms with Gasteiger partial charge in [0.1, 0.15) is 22.8 Å². The number of nitrogens with zero attached hydrogens (tertiary/aromatic N) is 3. The van der Waals surface area contributed by atoms with Crippen molar-refractivity contribution < 1.29 is 9.53 Å². The molecule has 1 saturated heterocycles. The van der Waals surface area contributed by atoms with Crippen molar-refractivity contribution in [1.29, 1.82) is 0 Å². The Labute approximate surface area is 129 Å². The summed E-state index contributed by atoms with van der Waals surface area (Å²) in [7, 11) is 0. The van der Waals surface area contributed by atoms with Gasteiger partial charge >= 0.3 is 5.97 Å². The topological polar surface area (TPSA) is 81.3 Å². The Kier molecular flexibility index (Phi) is 4.56. The predicted molar refractivity (Wildman–Crippen MR) is 82.2 cm³/mol. The first kappa shape index (κ1) is 15.8. The van der Waals surface area contributed by atoms with Crippen LogP contribution in [0, 0.1) is 5.92 Å². The molecule has 0 amide bonds. The van der Waals surface area contributed by atoms with Crippen molar-refractivity contribution in [2.45, 2.75) is 39.2 Å². The minimum Gasteiger partial charge on any atom is -0.460 e. The Balaban J connectivity index is 2.10. The van der Waals surface area contributed by atoms with E-state index in [9.17, 15) is 4.79 Å². The molecule has 0 saturated carbocycles. The third-order valence-corrected chi connectivity index (χ3v) is 3.62. The fraction of sp³-hybridized carbons (Fsp3) is 0.643. The minimum atomic E-state index is -0.476. The second-order valence-corrected chi connectivity index (χ2v) is 6.59. The first-order valence-electron chi connectivity index (χ1n) is 7.01. The highest BCUT2D eigenvalue weighted by Gasteiger charge is 2.31. The van der Waals surface area contributed by atoms with E-state index in [1.807, 2.05) is 25.7 Å². The SMILES string of the molecule is CC(C)(C)OC(=O)C1CCCN(c2ncnc(N)c2Cl)C1. The van der Waals surface area contributed by atoms with E-state index in [-0.39, 0.29) is 17.7 Å². The van der Waals surface area contributed by atoms with E-state index < -0.39 is 5.60 Å². The van der Waals surface area contributed by atoms with Gasteiger partial charge in [-0.05, 0) is 33.6 Å². The van der Waals surface area contributed by atoms with Gasteiger partial charge in [0.25, 0.3) is 0 Å². The van der Waals surface area contributed by atoms with Crippen molar-refractivity contribution in [3.63, 3.8) is 0 Å². The summed E-state index contributed by atoms with van der Waals surface area (Å²) in [5.74, 6) is 0.481. The average Bonchev–Trinajstić information content (AvgIpc) is 2.40. The Morgan fingerprint density at radius 1 is 1.48 bits per heavy atom. The molecule has 0 aromatic carbocycles. The van der Waals surface area contributed by atoms with Gasteiger partial charge in [-0.3, -0.25) is 4.79 Å². The fourth-order valence-electron chi connectivity index (χ4n) is 2.34. The standard InChI is InChI=1S/C14H21ClN4O2/c1-14(2,3)21-13(20)9-5-4-6-19(7-9)12-10(15)11(16)17-8-18-12/h8-9H,4-7H2,1-3H3,(H2,16,17,18). The number of esters is 1. The quantitative estimate of drug-likeness (QED) is 0.844. The number of hydrogen-bond acceptors (Lipinski definition) is 6. The number of nitrogens with two attached hydrogens (primary N) is 1. The van der Waals surface area contributed by atoms with Crippen LogP contribution in [-0.4, -0.2) is 34.6 Å². The molecule has 1 unspecified atom stereocenters. The van der Waals surface area contributed by atoms with Gasteiger partial charge in [0.05, 0.1) is 5.92 Å². The number of rotatable bonds is 2. The maximum Gasteiger partial charge on any atom is 0.311 e. The van der Waals surface area contributed by atoms with Crippen LogP contribution in [0.4, 0.5) is 11.6 Å². The molecule has 1 fully saturated rings. The van der Waals surface area contributed by atoms with Gasteiger partial charge in [-0.1, -0.05) is 11.6 Å². The zero-order valence-electron chi connectivity index (χ0n) is 12.6. The molecule has 21 heavy (non-hydrogen) atoms. The summed E-state index contributed by atoms with van der Waals surface area (Å²) >= 11 is 6.15. The summed E-state index contributed by atoms with van der Waals surface area (Å²) in [5.41, 5.74) is 5.23. The van der Waals surface area contributed by atoms with Crippen LogP contribution < -0.4 is 10.6 Å². The molecule has 1 aliphatic heterocycles. The van der Waals surface area contributed by atoms with E-state index in [2.05, 4.69) is 9.97 Å². The van der Waals surface area contributed by atoms with Crippen LogP contribution >= 0.6 is 11.6 Å². The maximum absolute atomic E-state index is 12.2. The summed E-state index contributed by atoms with van der Waals surface area (Å²) in [6.07, 6.45) is 3.07. The summed E-state index contributed by atoms with van der Waals surface area (Å²) < 4.78 is 5.46. The molecule has 2 rings (SSSR count). The highest BCUT2D eigenvalue weighted by molar-refractivity contribution is 6.35. The number of ether oxygens (including phenoxy) is 1. The highest BCUT2D eigenvalue weighted by Crippen LogP contribution is 2.31. The number of piperidine rings is 1. The Hall–Kier alpha value is -1.56. The normalized spacial score (nSPS) is 19.4. The van der Waals surface area contributed by atoms with Gasteiger partial charge in [-0.25, -0.2) is 9.97 Å². The van der Waals surface area contributed by atoms with Crippen LogP contribution in [0.5, 0.6) is 0 Å². The number of carbonyl (C=O) groups excluding carboxylic acids is 1. The van der Waals surface area contributed by atoms with E-state index in [1.165, 1.54) is 6.33 Å². The summed E-state index contributed by atoms with van der Waals surface area (Å²) in [5, 5.41) is 0.335. The van der Waals surface area contributed by atoms with Gasteiger partial charge in [-0.2, -0.15) is 0 Å². The third-order valence-electron chi connectivity index (χ3n) is 3.26. The van der Waals surface area contributed by atoms with Crippen LogP contribution in [0.15, 0.2) is 6.33 Å². The molecule has 116 valence electrons. The first-order chi connectivity index (χ1) is 9.78. The molecule has 2 N–H and O–H groups in total. The minimum absolute atomic E-state index is 0.176. The molecule has 0 radical (unpaired) electrons.